The molecule has 0 amide bonds. The van der Waals surface area contributed by atoms with Gasteiger partial charge in [-0.2, -0.15) is 4.98 Å². The highest BCUT2D eigenvalue weighted by atomic mass is 15.4. The fourth-order valence-corrected chi connectivity index (χ4v) is 1.77. The smallest absolute Gasteiger partial charge is 0.239 e. The van der Waals surface area contributed by atoms with Crippen molar-refractivity contribution in [3.05, 3.63) is 5.82 Å². The summed E-state index contributed by atoms with van der Waals surface area (Å²) >= 11 is 0. The number of nitrogens with one attached hydrogen (secondary N) is 1. The molecule has 0 bridgehead atoms. The molecule has 1 aliphatic heterocycles. The highest BCUT2D eigenvalue weighted by Crippen LogP contribution is 2.10. The number of anilines is 1. The Balaban J connectivity index is 2.03. The lowest BCUT2D eigenvalue weighted by atomic mass is 10.1. The Morgan fingerprint density at radius 2 is 2.54 bits per heavy atom. The van der Waals surface area contributed by atoms with Crippen LogP contribution in [0.2, 0.25) is 0 Å². The first-order valence-electron chi connectivity index (χ1n) is 4.64. The van der Waals surface area contributed by atoms with Gasteiger partial charge in [-0.1, -0.05) is 0 Å². The third-order valence-electron chi connectivity index (χ3n) is 2.46. The Kier molecular flexibility index (Phi) is 2.18. The van der Waals surface area contributed by atoms with E-state index >= 15 is 0 Å². The standard InChI is InChI=1S/C8H15N5/c1-13-7(11-8(9)12-13)5-6-3-2-4-10-6/h6,10H,2-5H2,1H3,(H2,9,12). The third kappa shape index (κ3) is 1.80. The second kappa shape index (κ2) is 3.33. The predicted octanol–water partition coefficient (Wildman–Crippen LogP) is -0.308. The molecule has 0 aromatic carbocycles. The van der Waals surface area contributed by atoms with Crippen LogP contribution in [-0.2, 0) is 13.5 Å². The van der Waals surface area contributed by atoms with E-state index in [0.29, 0.717) is 12.0 Å². The van der Waals surface area contributed by atoms with E-state index in [9.17, 15) is 0 Å². The zero-order valence-electron chi connectivity index (χ0n) is 7.82. The molecule has 0 saturated carbocycles. The summed E-state index contributed by atoms with van der Waals surface area (Å²) < 4.78 is 1.76. The summed E-state index contributed by atoms with van der Waals surface area (Å²) in [4.78, 5) is 4.16. The summed E-state index contributed by atoms with van der Waals surface area (Å²) in [5, 5.41) is 7.43. The zero-order chi connectivity index (χ0) is 9.26. The number of aromatic nitrogens is 3. The van der Waals surface area contributed by atoms with Crippen LogP contribution >= 0.6 is 0 Å². The van der Waals surface area contributed by atoms with E-state index in [1.165, 1.54) is 12.8 Å². The topological polar surface area (TPSA) is 68.8 Å². The molecular formula is C8H15N5. The van der Waals surface area contributed by atoms with Crippen LogP contribution in [0, 0.1) is 0 Å². The monoisotopic (exact) mass is 181 g/mol. The van der Waals surface area contributed by atoms with Gasteiger partial charge in [0.1, 0.15) is 5.82 Å². The first-order chi connectivity index (χ1) is 6.25. The maximum Gasteiger partial charge on any atom is 0.239 e. The molecule has 5 nitrogen and oxygen atoms in total. The summed E-state index contributed by atoms with van der Waals surface area (Å²) in [5.74, 6) is 1.34. The molecule has 2 rings (SSSR count). The van der Waals surface area contributed by atoms with Gasteiger partial charge in [-0.3, -0.25) is 4.68 Å². The molecule has 1 aliphatic rings. The Morgan fingerprint density at radius 1 is 1.69 bits per heavy atom. The predicted molar refractivity (Wildman–Crippen MR) is 50.1 cm³/mol. The van der Waals surface area contributed by atoms with Gasteiger partial charge < -0.3 is 11.1 Å². The van der Waals surface area contributed by atoms with Crippen LogP contribution in [0.15, 0.2) is 0 Å². The van der Waals surface area contributed by atoms with Gasteiger partial charge in [-0.25, -0.2) is 0 Å². The average molecular weight is 181 g/mol. The van der Waals surface area contributed by atoms with Crippen LogP contribution in [0.25, 0.3) is 0 Å². The molecular weight excluding hydrogens is 166 g/mol. The number of aryl methyl sites for hydroxylation is 1. The molecule has 1 atom stereocenters. The largest absolute Gasteiger partial charge is 0.366 e. The maximum absolute atomic E-state index is 5.49. The second-order valence-electron chi connectivity index (χ2n) is 3.51. The van der Waals surface area contributed by atoms with Gasteiger partial charge in [0.05, 0.1) is 0 Å². The number of hydrogen-bond acceptors (Lipinski definition) is 4. The quantitative estimate of drug-likeness (QED) is 0.657. The summed E-state index contributed by atoms with van der Waals surface area (Å²) in [6.07, 6.45) is 3.42. The molecule has 3 N–H and O–H groups in total. The van der Waals surface area contributed by atoms with Gasteiger partial charge in [-0.15, -0.1) is 5.10 Å². The molecule has 72 valence electrons. The Bertz CT molecular complexity index is 287. The lowest BCUT2D eigenvalue weighted by molar-refractivity contribution is 0.562. The van der Waals surface area contributed by atoms with Crippen molar-refractivity contribution in [2.24, 2.45) is 7.05 Å². The van der Waals surface area contributed by atoms with Crippen LogP contribution in [0.1, 0.15) is 18.7 Å². The highest BCUT2D eigenvalue weighted by Gasteiger charge is 2.17. The van der Waals surface area contributed by atoms with Gasteiger partial charge in [-0.05, 0) is 19.4 Å². The van der Waals surface area contributed by atoms with Crippen molar-refractivity contribution in [3.63, 3.8) is 0 Å². The minimum Gasteiger partial charge on any atom is -0.366 e. The number of nitrogen functional groups attached to an aromatic ring is 1. The van der Waals surface area contributed by atoms with Gasteiger partial charge in [0.2, 0.25) is 5.95 Å². The van der Waals surface area contributed by atoms with E-state index in [-0.39, 0.29) is 0 Å². The van der Waals surface area contributed by atoms with Crippen molar-refractivity contribution in [2.75, 3.05) is 12.3 Å². The van der Waals surface area contributed by atoms with Gasteiger partial charge in [0, 0.05) is 19.5 Å². The molecule has 0 aliphatic carbocycles. The lowest BCUT2D eigenvalue weighted by Crippen LogP contribution is -2.25. The van der Waals surface area contributed by atoms with Crippen LogP contribution < -0.4 is 11.1 Å². The Hall–Kier alpha value is -1.10. The molecule has 2 heterocycles. The van der Waals surface area contributed by atoms with E-state index < -0.39 is 0 Å². The molecule has 13 heavy (non-hydrogen) atoms. The first kappa shape index (κ1) is 8.50. The lowest BCUT2D eigenvalue weighted by Gasteiger charge is -2.07. The minimum absolute atomic E-state index is 0.371. The maximum atomic E-state index is 5.49. The SMILES string of the molecule is Cn1nc(N)nc1CC1CCCN1. The molecule has 0 radical (unpaired) electrons. The van der Waals surface area contributed by atoms with Crippen molar-refractivity contribution >= 4 is 5.95 Å². The van der Waals surface area contributed by atoms with Crippen molar-refractivity contribution in [1.29, 1.82) is 0 Å². The van der Waals surface area contributed by atoms with Crippen LogP contribution in [0.4, 0.5) is 5.95 Å². The van der Waals surface area contributed by atoms with E-state index in [1.54, 1.807) is 4.68 Å². The van der Waals surface area contributed by atoms with E-state index in [4.69, 9.17) is 5.73 Å². The number of nitrogens with two attached hydrogens (primary N) is 1. The van der Waals surface area contributed by atoms with Crippen molar-refractivity contribution < 1.29 is 0 Å². The van der Waals surface area contributed by atoms with Crippen molar-refractivity contribution in [2.45, 2.75) is 25.3 Å². The molecule has 1 aromatic heterocycles. The molecule has 1 saturated heterocycles. The number of nitrogens with zero attached hydrogens (tertiary/aromatic N) is 3. The van der Waals surface area contributed by atoms with Gasteiger partial charge in [0.15, 0.2) is 0 Å². The van der Waals surface area contributed by atoms with E-state index in [0.717, 1.165) is 18.8 Å². The fourth-order valence-electron chi connectivity index (χ4n) is 1.77. The van der Waals surface area contributed by atoms with Crippen LogP contribution in [0.3, 0.4) is 0 Å². The Morgan fingerprint density at radius 3 is 3.08 bits per heavy atom. The summed E-state index contributed by atoms with van der Waals surface area (Å²) in [5.41, 5.74) is 5.49. The molecule has 0 spiro atoms. The third-order valence-corrected chi connectivity index (χ3v) is 2.46. The van der Waals surface area contributed by atoms with Crippen molar-refractivity contribution in [3.8, 4) is 0 Å². The second-order valence-corrected chi connectivity index (χ2v) is 3.51. The van der Waals surface area contributed by atoms with E-state index in [2.05, 4.69) is 15.4 Å². The molecule has 1 fully saturated rings. The molecule has 5 heteroatoms. The minimum atomic E-state index is 0.371. The summed E-state index contributed by atoms with van der Waals surface area (Å²) in [6, 6.07) is 0.558. The molecule has 1 unspecified atom stereocenters. The van der Waals surface area contributed by atoms with Gasteiger partial charge >= 0.3 is 0 Å². The van der Waals surface area contributed by atoms with Crippen molar-refractivity contribution in [1.82, 2.24) is 20.1 Å². The number of rotatable bonds is 2. The fraction of sp³-hybridized carbons (Fsp3) is 0.750. The van der Waals surface area contributed by atoms with Crippen LogP contribution in [-0.4, -0.2) is 27.4 Å². The summed E-state index contributed by atoms with van der Waals surface area (Å²) in [7, 11) is 1.88. The number of hydrogen-bond donors (Lipinski definition) is 2. The normalized spacial score (nSPS) is 22.4. The first-order valence-corrected chi connectivity index (χ1v) is 4.64. The highest BCUT2D eigenvalue weighted by molar-refractivity contribution is 5.14. The summed E-state index contributed by atoms with van der Waals surface area (Å²) in [6.45, 7) is 1.12. The van der Waals surface area contributed by atoms with Crippen LogP contribution in [0.5, 0.6) is 0 Å². The average Bonchev–Trinajstić information content (AvgIpc) is 2.63. The van der Waals surface area contributed by atoms with Gasteiger partial charge in [0.25, 0.3) is 0 Å². The van der Waals surface area contributed by atoms with E-state index in [1.807, 2.05) is 7.05 Å². The molecule has 1 aromatic rings. The zero-order valence-corrected chi connectivity index (χ0v) is 7.82. The Labute approximate surface area is 77.3 Å².